The minimum atomic E-state index is -0.106. The largest absolute Gasteiger partial charge is 0.353 e. The summed E-state index contributed by atoms with van der Waals surface area (Å²) in [5.41, 5.74) is 3.85. The van der Waals surface area contributed by atoms with Crippen LogP contribution in [0.15, 0.2) is 72.9 Å². The Morgan fingerprint density at radius 3 is 2.09 bits per heavy atom. The molecule has 0 saturated carbocycles. The van der Waals surface area contributed by atoms with Gasteiger partial charge in [0, 0.05) is 37.1 Å². The highest BCUT2D eigenvalue weighted by Gasteiger charge is 2.26. The summed E-state index contributed by atoms with van der Waals surface area (Å²) in [5.74, 6) is 0.206. The van der Waals surface area contributed by atoms with Crippen molar-refractivity contribution in [2.75, 3.05) is 13.1 Å². The second kappa shape index (κ2) is 11.7. The van der Waals surface area contributed by atoms with Crippen LogP contribution in [0.4, 0.5) is 0 Å². The minimum Gasteiger partial charge on any atom is -0.353 e. The fourth-order valence-electron chi connectivity index (χ4n) is 4.05. The molecule has 2 aromatic carbocycles. The van der Waals surface area contributed by atoms with Crippen molar-refractivity contribution in [2.45, 2.75) is 46.7 Å². The van der Waals surface area contributed by atoms with Gasteiger partial charge in [-0.2, -0.15) is 0 Å². The number of amides is 2. The van der Waals surface area contributed by atoms with Crippen molar-refractivity contribution in [3.05, 3.63) is 84.2 Å². The Bertz CT molecular complexity index is 1070. The van der Waals surface area contributed by atoms with Gasteiger partial charge in [-0.15, -0.1) is 0 Å². The van der Waals surface area contributed by atoms with Gasteiger partial charge in [0.05, 0.1) is 6.54 Å². The third-order valence-corrected chi connectivity index (χ3v) is 6.27. The molecule has 1 heterocycles. The minimum absolute atomic E-state index is 0.0237. The van der Waals surface area contributed by atoms with Crippen LogP contribution in [0.25, 0.3) is 11.1 Å². The number of aromatic nitrogens is 1. The third-order valence-electron chi connectivity index (χ3n) is 6.27. The zero-order chi connectivity index (χ0) is 24.7. The second-order valence-electron chi connectivity index (χ2n) is 9.41. The van der Waals surface area contributed by atoms with E-state index in [4.69, 9.17) is 0 Å². The van der Waals surface area contributed by atoms with E-state index in [1.807, 2.05) is 91.2 Å². The van der Waals surface area contributed by atoms with E-state index in [1.165, 1.54) is 0 Å². The van der Waals surface area contributed by atoms with Crippen LogP contribution in [-0.2, 0) is 18.4 Å². The number of carbonyl (C=O) groups excluding carboxylic acids is 2. The molecule has 1 aromatic heterocycles. The first-order valence-corrected chi connectivity index (χ1v) is 12.1. The van der Waals surface area contributed by atoms with E-state index in [-0.39, 0.29) is 24.4 Å². The highest BCUT2D eigenvalue weighted by atomic mass is 16.2. The van der Waals surface area contributed by atoms with Gasteiger partial charge >= 0.3 is 0 Å². The number of benzene rings is 2. The zero-order valence-corrected chi connectivity index (χ0v) is 21.1. The molecule has 2 amide bonds. The van der Waals surface area contributed by atoms with Gasteiger partial charge in [0.25, 0.3) is 5.91 Å². The Balaban J connectivity index is 1.79. The molecule has 0 bridgehead atoms. The van der Waals surface area contributed by atoms with Crippen molar-refractivity contribution in [1.82, 2.24) is 14.4 Å². The molecule has 0 saturated heterocycles. The highest BCUT2D eigenvalue weighted by molar-refractivity contribution is 5.97. The third kappa shape index (κ3) is 6.37. The van der Waals surface area contributed by atoms with Crippen molar-refractivity contribution >= 4 is 11.8 Å². The molecular formula is C29H37N3O2. The van der Waals surface area contributed by atoms with E-state index in [1.54, 1.807) is 4.90 Å². The predicted molar refractivity (Wildman–Crippen MR) is 138 cm³/mol. The molecule has 0 radical (unpaired) electrons. The van der Waals surface area contributed by atoms with Gasteiger partial charge in [-0.1, -0.05) is 63.2 Å². The van der Waals surface area contributed by atoms with E-state index in [9.17, 15) is 9.59 Å². The molecule has 5 heteroatoms. The molecule has 1 atom stereocenters. The van der Waals surface area contributed by atoms with E-state index >= 15 is 0 Å². The van der Waals surface area contributed by atoms with Crippen molar-refractivity contribution in [1.29, 1.82) is 0 Å². The second-order valence-corrected chi connectivity index (χ2v) is 9.41. The van der Waals surface area contributed by atoms with E-state index in [0.29, 0.717) is 24.6 Å². The monoisotopic (exact) mass is 459 g/mol. The molecule has 0 aliphatic carbocycles. The maximum Gasteiger partial charge on any atom is 0.254 e. The molecule has 0 spiro atoms. The Labute approximate surface area is 204 Å². The van der Waals surface area contributed by atoms with Gasteiger partial charge in [0.15, 0.2) is 0 Å². The maximum absolute atomic E-state index is 13.5. The fourth-order valence-corrected chi connectivity index (χ4v) is 4.05. The summed E-state index contributed by atoms with van der Waals surface area (Å²) in [5, 5.41) is 0. The van der Waals surface area contributed by atoms with Gasteiger partial charge in [-0.05, 0) is 54.7 Å². The van der Waals surface area contributed by atoms with Gasteiger partial charge in [0.2, 0.25) is 5.91 Å². The molecular weight excluding hydrogens is 422 g/mol. The lowest BCUT2D eigenvalue weighted by Crippen LogP contribution is -2.47. The summed E-state index contributed by atoms with van der Waals surface area (Å²) in [4.78, 5) is 30.5. The number of hydrogen-bond donors (Lipinski definition) is 0. The molecule has 5 nitrogen and oxygen atoms in total. The molecule has 3 aromatic rings. The van der Waals surface area contributed by atoms with Crippen molar-refractivity contribution < 1.29 is 9.59 Å². The highest BCUT2D eigenvalue weighted by Crippen LogP contribution is 2.21. The first-order valence-electron chi connectivity index (χ1n) is 12.1. The zero-order valence-electron chi connectivity index (χ0n) is 21.1. The smallest absolute Gasteiger partial charge is 0.254 e. The number of carbonyl (C=O) groups is 2. The van der Waals surface area contributed by atoms with Gasteiger partial charge in [-0.3, -0.25) is 9.59 Å². The van der Waals surface area contributed by atoms with E-state index in [2.05, 4.69) is 26.0 Å². The van der Waals surface area contributed by atoms with Gasteiger partial charge in [-0.25, -0.2) is 0 Å². The molecule has 0 aliphatic rings. The summed E-state index contributed by atoms with van der Waals surface area (Å²) in [6.45, 7) is 9.53. The maximum atomic E-state index is 13.5. The van der Waals surface area contributed by atoms with Gasteiger partial charge < -0.3 is 14.4 Å². The lowest BCUT2D eigenvalue weighted by Gasteiger charge is -2.32. The molecule has 180 valence electrons. The quantitative estimate of drug-likeness (QED) is 0.395. The topological polar surface area (TPSA) is 45.6 Å². The number of hydrogen-bond acceptors (Lipinski definition) is 2. The molecule has 0 fully saturated rings. The molecule has 1 unspecified atom stereocenters. The SMILES string of the molecule is CCC(C)N(CC(=O)N(Cc1cccn1C)CC(C)C)C(=O)c1ccc(-c2ccccc2)cc1. The van der Waals surface area contributed by atoms with Crippen LogP contribution in [0, 0.1) is 5.92 Å². The molecule has 0 aliphatic heterocycles. The predicted octanol–water partition coefficient (Wildman–Crippen LogP) is 5.62. The molecule has 34 heavy (non-hydrogen) atoms. The number of nitrogens with zero attached hydrogens (tertiary/aromatic N) is 3. The first-order chi connectivity index (χ1) is 16.3. The Morgan fingerprint density at radius 2 is 1.53 bits per heavy atom. The van der Waals surface area contributed by atoms with Gasteiger partial charge in [0.1, 0.15) is 6.54 Å². The van der Waals surface area contributed by atoms with E-state index < -0.39 is 0 Å². The number of aryl methyl sites for hydroxylation is 1. The summed E-state index contributed by atoms with van der Waals surface area (Å²) < 4.78 is 2.03. The normalized spacial score (nSPS) is 11.9. The van der Waals surface area contributed by atoms with Crippen molar-refractivity contribution in [3.63, 3.8) is 0 Å². The van der Waals surface area contributed by atoms with Crippen LogP contribution in [0.1, 0.15) is 50.2 Å². The van der Waals surface area contributed by atoms with Crippen LogP contribution in [0.2, 0.25) is 0 Å². The summed E-state index contributed by atoms with van der Waals surface area (Å²) in [7, 11) is 1.99. The van der Waals surface area contributed by atoms with Crippen LogP contribution < -0.4 is 0 Å². The first kappa shape index (κ1) is 25.3. The average Bonchev–Trinajstić information content (AvgIpc) is 3.25. The Morgan fingerprint density at radius 1 is 0.882 bits per heavy atom. The van der Waals surface area contributed by atoms with E-state index in [0.717, 1.165) is 23.2 Å². The fraction of sp³-hybridized carbons (Fsp3) is 0.379. The Hall–Kier alpha value is -3.34. The van der Waals surface area contributed by atoms with Crippen molar-refractivity contribution in [2.24, 2.45) is 13.0 Å². The lowest BCUT2D eigenvalue weighted by atomic mass is 10.0. The van der Waals surface area contributed by atoms with Crippen LogP contribution in [0.3, 0.4) is 0 Å². The lowest BCUT2D eigenvalue weighted by molar-refractivity contribution is -0.133. The average molecular weight is 460 g/mol. The van der Waals surface area contributed by atoms with Crippen molar-refractivity contribution in [3.8, 4) is 11.1 Å². The van der Waals surface area contributed by atoms with Crippen LogP contribution >= 0.6 is 0 Å². The summed E-state index contributed by atoms with van der Waals surface area (Å²) in [6, 6.07) is 21.7. The Kier molecular flexibility index (Phi) is 8.69. The summed E-state index contributed by atoms with van der Waals surface area (Å²) >= 11 is 0. The van der Waals surface area contributed by atoms with Crippen LogP contribution in [0.5, 0.6) is 0 Å². The summed E-state index contributed by atoms with van der Waals surface area (Å²) in [6.07, 6.45) is 2.77. The van der Waals surface area contributed by atoms with Crippen LogP contribution in [-0.4, -0.2) is 45.3 Å². The standard InChI is InChI=1S/C29H37N3O2/c1-6-23(4)32(21-28(33)31(19-22(2)3)20-27-13-10-18-30(27)5)29(34)26-16-14-25(15-17-26)24-11-8-7-9-12-24/h7-18,22-23H,6,19-21H2,1-5H3. The molecule has 0 N–H and O–H groups in total. The number of rotatable bonds is 10. The molecule has 3 rings (SSSR count).